The zero-order chi connectivity index (χ0) is 88.2. The van der Waals surface area contributed by atoms with Gasteiger partial charge >= 0.3 is 12.1 Å². The lowest BCUT2D eigenvalue weighted by Gasteiger charge is -2.58. The van der Waals surface area contributed by atoms with Gasteiger partial charge in [-0.25, -0.2) is 9.59 Å². The summed E-state index contributed by atoms with van der Waals surface area (Å²) in [5, 5.41) is 49.1. The van der Waals surface area contributed by atoms with Gasteiger partial charge in [0.05, 0.1) is 48.6 Å². The van der Waals surface area contributed by atoms with E-state index in [1.165, 1.54) is 72.3 Å². The molecule has 11 rings (SSSR count). The molecule has 4 aromatic carbocycles. The number of halogens is 1. The number of aliphatic hydroxyl groups is 2. The van der Waals surface area contributed by atoms with E-state index in [4.69, 9.17) is 41.0 Å². The van der Waals surface area contributed by atoms with E-state index < -0.39 is 184 Å². The summed E-state index contributed by atoms with van der Waals surface area (Å²) in [4.78, 5) is 183. The highest BCUT2D eigenvalue weighted by atomic mass is 35.5. The standard InChI is InChI=1S/C89H114ClN11O20S/c1-50-20-18-26-70(118-10)89(116)78-77(119-86(115)97-89)51(2)79-87(5,120-79)88(78,48-74(108)99(7)66-43-56(40-50)44-68(117-9)75(66)90)121-85(114)52(3)98(6)72(106)35-39-122-69-47-73(107)101(84(69)113)38-19-37-92-71(105)34-33-65-67(104)46-58(41-55-27-31-61(103)32-28-55)81(110)94-60(45-59-49-93-63-25-15-14-24-62(59)63)30-29-57(23-16-17-36-91)80(109)96-76(53(4)102)82(111)95-64(83(112)100(65)8)42-54-21-12-11-13-22-54/h11-15,18,20-22,24-28,31-32,43-44,49,51-53,57-58,60,64-65,69-70,76-79,93,102-103,116H,16-17,19,23,29-30,33-42,45-48,91H2,1-10H3,(H,92,105)(H,94,110)(H,95,111)(H,96,109)(H,97,115)/b26-18+,50-20+/t51-,52+,53-,57-,58-,60+,64+,65+,69?,70-,76+,77?,78?,79+,87-,88-,89-/m1/s1. The normalized spacial score (nSPS) is 28.7. The Hall–Kier alpha value is -10.2. The second-order valence-corrected chi connectivity index (χ2v) is 34.9. The molecular formula is C89H114ClN11O20S. The first-order valence-corrected chi connectivity index (χ1v) is 43.1. The van der Waals surface area contributed by atoms with Gasteiger partial charge in [-0.1, -0.05) is 109 Å². The first-order valence-electron chi connectivity index (χ1n) is 41.7. The Balaban J connectivity index is 0.759. The number of benzene rings is 4. The van der Waals surface area contributed by atoms with Crippen LogP contribution in [-0.4, -0.2) is 244 Å². The van der Waals surface area contributed by atoms with E-state index in [0.29, 0.717) is 49.8 Å². The molecule has 0 spiro atoms. The van der Waals surface area contributed by atoms with E-state index in [0.717, 1.165) is 54.1 Å². The van der Waals surface area contributed by atoms with Gasteiger partial charge in [0.15, 0.2) is 17.1 Å². The van der Waals surface area contributed by atoms with Crippen LogP contribution in [0.15, 0.2) is 121 Å². The smallest absolute Gasteiger partial charge is 0.409 e. The lowest BCUT2D eigenvalue weighted by molar-refractivity contribution is -0.265. The highest BCUT2D eigenvalue weighted by molar-refractivity contribution is 8.00. The summed E-state index contributed by atoms with van der Waals surface area (Å²) in [6.45, 7) is 8.25. The summed E-state index contributed by atoms with van der Waals surface area (Å²) in [5.41, 5.74) is 4.51. The summed E-state index contributed by atoms with van der Waals surface area (Å²) in [7, 11) is 7.00. The number of likely N-dealkylation sites (N-methyl/N-ethyl adjacent to an activating group) is 2. The fraction of sp³-hybridized carbons (Fsp3) is 0.528. The number of phenols is 1. The molecule has 3 unspecified atom stereocenters. The molecule has 5 aliphatic heterocycles. The van der Waals surface area contributed by atoms with Crippen molar-refractivity contribution < 1.29 is 96.5 Å². The number of unbranched alkanes of at least 4 members (excludes halogenated alkanes) is 1. The third-order valence-electron chi connectivity index (χ3n) is 24.9. The maximum absolute atomic E-state index is 15.4. The highest BCUT2D eigenvalue weighted by Gasteiger charge is 2.83. The molecule has 17 atom stereocenters. The molecule has 5 aromatic rings. The Morgan fingerprint density at radius 2 is 1.54 bits per heavy atom. The quantitative estimate of drug-likeness (QED) is 0.0118. The second-order valence-electron chi connectivity index (χ2n) is 33.2. The van der Waals surface area contributed by atoms with E-state index in [1.54, 1.807) is 80.6 Å². The number of nitrogens with zero attached hydrogens (tertiary/aromatic N) is 4. The number of aromatic hydroxyl groups is 1. The summed E-state index contributed by atoms with van der Waals surface area (Å²) < 4.78 is 30.8. The van der Waals surface area contributed by atoms with Gasteiger partial charge in [-0.15, -0.1) is 11.8 Å². The van der Waals surface area contributed by atoms with Crippen molar-refractivity contribution in [1.82, 2.24) is 46.3 Å². The number of nitrogens with two attached hydrogens (primary N) is 1. The highest BCUT2D eigenvalue weighted by Crippen LogP contribution is 2.65. The van der Waals surface area contributed by atoms with E-state index >= 15 is 24.0 Å². The maximum atomic E-state index is 15.4. The van der Waals surface area contributed by atoms with Crippen LogP contribution in [0.3, 0.4) is 0 Å². The van der Waals surface area contributed by atoms with Crippen molar-refractivity contribution in [3.8, 4) is 11.5 Å². The first kappa shape index (κ1) is 92.5. The Labute approximate surface area is 719 Å². The number of carbonyl (C=O) groups excluding carboxylic acids is 12. The Morgan fingerprint density at radius 1 is 0.828 bits per heavy atom. The number of nitrogens with one attached hydrogen (secondary N) is 6. The molecule has 31 nitrogen and oxygen atoms in total. The summed E-state index contributed by atoms with van der Waals surface area (Å²) in [6, 6.07) is 19.7. The summed E-state index contributed by atoms with van der Waals surface area (Å²) in [6.07, 6.45) is 1.40. The van der Waals surface area contributed by atoms with Crippen LogP contribution in [0.1, 0.15) is 134 Å². The number of para-hydroxylation sites is 1. The number of epoxide rings is 1. The molecule has 11 N–H and O–H groups in total. The molecule has 2 bridgehead atoms. The van der Waals surface area contributed by atoms with Crippen molar-refractivity contribution in [3.63, 3.8) is 0 Å². The van der Waals surface area contributed by atoms with Gasteiger partial charge in [0.25, 0.3) is 0 Å². The number of anilines is 1. The number of fused-ring (bicyclic) bond motifs is 5. The zero-order valence-electron chi connectivity index (χ0n) is 70.6. The van der Waals surface area contributed by atoms with Crippen molar-refractivity contribution in [2.45, 2.75) is 214 Å². The van der Waals surface area contributed by atoms with Crippen LogP contribution < -0.4 is 42.0 Å². The van der Waals surface area contributed by atoms with Gasteiger partial charge in [0.1, 0.15) is 52.5 Å². The van der Waals surface area contributed by atoms with Crippen molar-refractivity contribution in [2.75, 3.05) is 65.6 Å². The van der Waals surface area contributed by atoms with Crippen LogP contribution in [0.2, 0.25) is 5.02 Å². The number of carbonyl (C=O) groups is 12. The number of aromatic nitrogens is 1. The summed E-state index contributed by atoms with van der Waals surface area (Å²) >= 11 is 8.01. The van der Waals surface area contributed by atoms with Crippen LogP contribution in [0, 0.1) is 23.7 Å². The molecular weight excluding hydrogens is 1610 g/mol. The Morgan fingerprint density at radius 3 is 2.25 bits per heavy atom. The number of aromatic amines is 1. The molecule has 33 heteroatoms. The number of imide groups is 1. The number of thioether (sulfide) groups is 1. The number of ether oxygens (including phenoxy) is 5. The van der Waals surface area contributed by atoms with Gasteiger partial charge in [0, 0.05) is 120 Å². The van der Waals surface area contributed by atoms with E-state index in [-0.39, 0.29) is 98.8 Å². The fourth-order valence-electron chi connectivity index (χ4n) is 17.8. The van der Waals surface area contributed by atoms with Gasteiger partial charge in [-0.3, -0.25) is 58.2 Å². The first-order chi connectivity index (χ1) is 58.1. The minimum Gasteiger partial charge on any atom is -0.508 e. The van der Waals surface area contributed by atoms with Crippen LogP contribution in [-0.2, 0) is 97.4 Å². The third-order valence-corrected chi connectivity index (χ3v) is 26.5. The molecule has 658 valence electrons. The Bertz CT molecular complexity index is 4760. The van der Waals surface area contributed by atoms with Crippen molar-refractivity contribution >= 4 is 111 Å². The number of rotatable bonds is 27. The molecule has 4 saturated heterocycles. The number of alkyl carbamates (subject to hydrolysis) is 1. The number of aliphatic hydroxyl groups excluding tert-OH is 1. The monoisotopic (exact) mass is 1720 g/mol. The van der Waals surface area contributed by atoms with Gasteiger partial charge in [-0.05, 0) is 145 Å². The van der Waals surface area contributed by atoms with E-state index in [2.05, 4.69) is 31.6 Å². The van der Waals surface area contributed by atoms with E-state index in [1.807, 2.05) is 37.4 Å². The minimum absolute atomic E-state index is 0.00185. The molecule has 1 saturated carbocycles. The number of amides is 10. The molecule has 6 aliphatic rings. The van der Waals surface area contributed by atoms with Crippen LogP contribution >= 0.6 is 23.4 Å². The molecule has 6 heterocycles. The number of hydrogen-bond donors (Lipinski definition) is 10. The number of esters is 1. The average molecular weight is 1730 g/mol. The fourth-order valence-corrected chi connectivity index (χ4v) is 19.2. The minimum atomic E-state index is -2.46. The number of Topliss-reactive ketones (excluding diaryl/α,β-unsaturated/α-hetero) is 1. The van der Waals surface area contributed by atoms with Crippen molar-refractivity contribution in [3.05, 3.63) is 148 Å². The van der Waals surface area contributed by atoms with Crippen LogP contribution in [0.4, 0.5) is 10.5 Å². The zero-order valence-corrected chi connectivity index (χ0v) is 72.2. The van der Waals surface area contributed by atoms with Gasteiger partial charge in [-0.2, -0.15) is 0 Å². The lowest BCUT2D eigenvalue weighted by atomic mass is 9.57. The topological polar surface area (TPSA) is 430 Å². The molecule has 122 heavy (non-hydrogen) atoms. The van der Waals surface area contributed by atoms with Gasteiger partial charge < -0.3 is 85.7 Å². The predicted molar refractivity (Wildman–Crippen MR) is 455 cm³/mol. The molecule has 5 fully saturated rings. The number of phenolic OH excluding ortho intramolecular Hbond substituents is 1. The molecule has 1 aliphatic carbocycles. The average Bonchev–Trinajstić information content (AvgIpc) is 1.48. The Kier molecular flexibility index (Phi) is 30.6. The second kappa shape index (κ2) is 40.4. The van der Waals surface area contributed by atoms with Crippen LogP contribution in [0.25, 0.3) is 10.9 Å². The number of ketones is 1. The molecule has 0 radical (unpaired) electrons. The van der Waals surface area contributed by atoms with E-state index in [9.17, 15) is 48.9 Å². The maximum Gasteiger partial charge on any atom is 0.409 e. The summed E-state index contributed by atoms with van der Waals surface area (Å²) in [5.74, 6) is -10.8. The number of H-pyrrole nitrogens is 1. The third kappa shape index (κ3) is 21.0. The number of hydrogen-bond acceptors (Lipinski definition) is 22. The predicted octanol–water partition coefficient (Wildman–Crippen LogP) is 6.35. The SMILES string of the molecule is COc1cc2cc(c1Cl)N(C)C(=O)C[C@@]1(OC(=O)[C@H](C)N(C)C(=O)CCSC3CC(=O)N(CCCNC(=O)CC[C@H]4C(=O)C[C@@H](Cc5ccc(O)cc5)C(=O)N[C@H](Cc5c[nH]c6ccccc56)CC[C@@H](CCCCN)C(=O)N[C@@H]([C@@H](C)O)C(=O)N[C@@H](Cc5ccccc5)C(=O)N4C)C3=O)C3C(OC(=O)N[C@@]3(O)[C@H](OC)/C=C/C=C(\C)C2)[C@@H](C)[C@@H]2O[C@]21C. The molecule has 10 amide bonds. The largest absolute Gasteiger partial charge is 0.508 e. The molecule has 1 aromatic heterocycles. The van der Waals surface area contributed by atoms with Crippen molar-refractivity contribution in [2.24, 2.45) is 29.4 Å². The van der Waals surface area contributed by atoms with Gasteiger partial charge in [0.2, 0.25) is 53.2 Å². The number of allylic oxidation sites excluding steroid dienone is 3. The number of methoxy groups -OCH3 is 2. The van der Waals surface area contributed by atoms with Crippen LogP contribution in [0.5, 0.6) is 11.5 Å². The lowest BCUT2D eigenvalue weighted by Crippen LogP contribution is -2.79. The van der Waals surface area contributed by atoms with Crippen molar-refractivity contribution in [1.29, 1.82) is 0 Å². The number of likely N-dealkylation sites (tertiary alicyclic amines) is 1.